The lowest BCUT2D eigenvalue weighted by Crippen LogP contribution is -2.24. The number of benzene rings is 1. The molecule has 18 heavy (non-hydrogen) atoms. The summed E-state index contributed by atoms with van der Waals surface area (Å²) in [6, 6.07) is 8.61. The van der Waals surface area contributed by atoms with Gasteiger partial charge in [0.15, 0.2) is 0 Å². The van der Waals surface area contributed by atoms with Crippen molar-refractivity contribution in [3.8, 4) is 0 Å². The van der Waals surface area contributed by atoms with Crippen molar-refractivity contribution in [1.29, 1.82) is 0 Å². The molecule has 0 aliphatic carbocycles. The number of nitrogens with zero attached hydrogens (tertiary/aromatic N) is 2. The van der Waals surface area contributed by atoms with Crippen molar-refractivity contribution in [3.05, 3.63) is 49.8 Å². The molecule has 2 rings (SSSR count). The summed E-state index contributed by atoms with van der Waals surface area (Å²) >= 11 is 5.98. The molecule has 0 aliphatic rings. The number of aryl methyl sites for hydroxylation is 1. The Morgan fingerprint density at radius 1 is 1.44 bits per heavy atom. The second kappa shape index (κ2) is 6.16. The Hall–Kier alpha value is -0.400. The molecule has 1 unspecified atom stereocenters. The van der Waals surface area contributed by atoms with Gasteiger partial charge in [0.2, 0.25) is 0 Å². The maximum atomic E-state index is 4.26. The first-order valence-electron chi connectivity index (χ1n) is 5.79. The third kappa shape index (κ3) is 2.95. The van der Waals surface area contributed by atoms with Gasteiger partial charge in [-0.2, -0.15) is 5.10 Å². The topological polar surface area (TPSA) is 29.9 Å². The van der Waals surface area contributed by atoms with Crippen molar-refractivity contribution in [2.24, 2.45) is 7.05 Å². The van der Waals surface area contributed by atoms with Crippen molar-refractivity contribution in [1.82, 2.24) is 15.1 Å². The molecule has 3 nitrogen and oxygen atoms in total. The fourth-order valence-electron chi connectivity index (χ4n) is 1.98. The molecule has 0 saturated carbocycles. The van der Waals surface area contributed by atoms with Crippen LogP contribution in [0.15, 0.2) is 34.9 Å². The van der Waals surface area contributed by atoms with Crippen molar-refractivity contribution in [3.63, 3.8) is 0 Å². The molecule has 0 aliphatic heterocycles. The molecule has 0 fully saturated rings. The molecule has 0 saturated heterocycles. The summed E-state index contributed by atoms with van der Waals surface area (Å²) in [5, 5.41) is 7.77. The normalized spacial score (nSPS) is 12.7. The van der Waals surface area contributed by atoms with E-state index in [1.54, 1.807) is 0 Å². The van der Waals surface area contributed by atoms with Crippen LogP contribution in [0, 0.1) is 3.57 Å². The number of halogens is 2. The van der Waals surface area contributed by atoms with E-state index in [0.717, 1.165) is 11.0 Å². The Bertz CT molecular complexity index is 539. The summed E-state index contributed by atoms with van der Waals surface area (Å²) in [6.07, 6.45) is 1.83. The van der Waals surface area contributed by atoms with Gasteiger partial charge in [0.05, 0.1) is 11.7 Å². The van der Waals surface area contributed by atoms with E-state index in [1.165, 1.54) is 14.8 Å². The van der Waals surface area contributed by atoms with E-state index in [4.69, 9.17) is 0 Å². The van der Waals surface area contributed by atoms with E-state index in [9.17, 15) is 0 Å². The third-order valence-electron chi connectivity index (χ3n) is 2.83. The van der Waals surface area contributed by atoms with Crippen molar-refractivity contribution in [2.75, 3.05) is 6.54 Å². The van der Waals surface area contributed by atoms with Crippen LogP contribution in [0.3, 0.4) is 0 Å². The standard InChI is InChI=1S/C13H15BrIN3/c1-3-16-13(12-6-7-17-18(12)2)10-8-9(15)4-5-11(10)14/h4-8,13,16H,3H2,1-2H3. The zero-order chi connectivity index (χ0) is 13.1. The summed E-state index contributed by atoms with van der Waals surface area (Å²) in [5.41, 5.74) is 2.41. The minimum atomic E-state index is 0.159. The summed E-state index contributed by atoms with van der Waals surface area (Å²) in [4.78, 5) is 0. The average Bonchev–Trinajstić information content (AvgIpc) is 2.76. The molecule has 0 bridgehead atoms. The van der Waals surface area contributed by atoms with Gasteiger partial charge in [0, 0.05) is 21.3 Å². The Labute approximate surface area is 129 Å². The second-order valence-electron chi connectivity index (χ2n) is 4.04. The van der Waals surface area contributed by atoms with E-state index in [1.807, 2.05) is 17.9 Å². The van der Waals surface area contributed by atoms with Gasteiger partial charge >= 0.3 is 0 Å². The van der Waals surface area contributed by atoms with Crippen LogP contribution in [-0.2, 0) is 7.05 Å². The largest absolute Gasteiger partial charge is 0.305 e. The molecule has 0 spiro atoms. The molecular weight excluding hydrogens is 405 g/mol. The van der Waals surface area contributed by atoms with Crippen molar-refractivity contribution in [2.45, 2.75) is 13.0 Å². The molecule has 1 heterocycles. The predicted octanol–water partition coefficient (Wildman–Crippen LogP) is 3.49. The maximum Gasteiger partial charge on any atom is 0.0759 e. The molecule has 1 aromatic carbocycles. The Balaban J connectivity index is 2.48. The first kappa shape index (κ1) is 14.0. The fraction of sp³-hybridized carbons (Fsp3) is 0.308. The zero-order valence-corrected chi connectivity index (χ0v) is 14.1. The van der Waals surface area contributed by atoms with Gasteiger partial charge in [-0.15, -0.1) is 0 Å². The summed E-state index contributed by atoms with van der Waals surface area (Å²) < 4.78 is 4.27. The van der Waals surface area contributed by atoms with Gasteiger partial charge in [-0.05, 0) is 59.0 Å². The molecule has 1 aromatic heterocycles. The molecule has 2 aromatic rings. The fourth-order valence-corrected chi connectivity index (χ4v) is 2.97. The Kier molecular flexibility index (Phi) is 4.80. The minimum absolute atomic E-state index is 0.159. The lowest BCUT2D eigenvalue weighted by atomic mass is 10.0. The van der Waals surface area contributed by atoms with Crippen molar-refractivity contribution < 1.29 is 0 Å². The first-order valence-corrected chi connectivity index (χ1v) is 7.67. The highest BCUT2D eigenvalue weighted by atomic mass is 127. The van der Waals surface area contributed by atoms with Gasteiger partial charge in [0.1, 0.15) is 0 Å². The van der Waals surface area contributed by atoms with Crippen LogP contribution < -0.4 is 5.32 Å². The molecule has 1 atom stereocenters. The average molecular weight is 420 g/mol. The Morgan fingerprint density at radius 2 is 2.22 bits per heavy atom. The monoisotopic (exact) mass is 419 g/mol. The summed E-state index contributed by atoms with van der Waals surface area (Å²) in [5.74, 6) is 0. The molecule has 5 heteroatoms. The lowest BCUT2D eigenvalue weighted by molar-refractivity contribution is 0.571. The third-order valence-corrected chi connectivity index (χ3v) is 4.23. The van der Waals surface area contributed by atoms with Crippen LogP contribution in [0.2, 0.25) is 0 Å². The molecular formula is C13H15BrIN3. The number of aromatic nitrogens is 2. The van der Waals surface area contributed by atoms with E-state index in [-0.39, 0.29) is 6.04 Å². The lowest BCUT2D eigenvalue weighted by Gasteiger charge is -2.20. The maximum absolute atomic E-state index is 4.26. The molecule has 0 radical (unpaired) electrons. The van der Waals surface area contributed by atoms with Crippen molar-refractivity contribution >= 4 is 38.5 Å². The minimum Gasteiger partial charge on any atom is -0.305 e. The van der Waals surface area contributed by atoms with E-state index in [0.29, 0.717) is 0 Å². The van der Waals surface area contributed by atoms with E-state index >= 15 is 0 Å². The van der Waals surface area contributed by atoms with Crippen LogP contribution in [0.5, 0.6) is 0 Å². The van der Waals surface area contributed by atoms with Crippen LogP contribution in [0.4, 0.5) is 0 Å². The van der Waals surface area contributed by atoms with Gasteiger partial charge in [-0.1, -0.05) is 22.9 Å². The smallest absolute Gasteiger partial charge is 0.0759 e. The summed E-state index contributed by atoms with van der Waals surface area (Å²) in [6.45, 7) is 3.03. The highest BCUT2D eigenvalue weighted by Crippen LogP contribution is 2.29. The van der Waals surface area contributed by atoms with Crippen LogP contribution >= 0.6 is 38.5 Å². The van der Waals surface area contributed by atoms with E-state index in [2.05, 4.69) is 80.1 Å². The SMILES string of the molecule is CCNC(c1cc(I)ccc1Br)c1ccnn1C. The quantitative estimate of drug-likeness (QED) is 0.768. The van der Waals surface area contributed by atoms with E-state index < -0.39 is 0 Å². The van der Waals surface area contributed by atoms with Crippen LogP contribution in [-0.4, -0.2) is 16.3 Å². The highest BCUT2D eigenvalue weighted by Gasteiger charge is 2.18. The van der Waals surface area contributed by atoms with Gasteiger partial charge in [0.25, 0.3) is 0 Å². The van der Waals surface area contributed by atoms with Gasteiger partial charge in [-0.25, -0.2) is 0 Å². The van der Waals surface area contributed by atoms with Crippen LogP contribution in [0.1, 0.15) is 24.2 Å². The molecule has 96 valence electrons. The van der Waals surface area contributed by atoms with Crippen LogP contribution in [0.25, 0.3) is 0 Å². The number of hydrogen-bond acceptors (Lipinski definition) is 2. The van der Waals surface area contributed by atoms with Gasteiger partial charge in [-0.3, -0.25) is 4.68 Å². The molecule has 1 N–H and O–H groups in total. The number of hydrogen-bond donors (Lipinski definition) is 1. The predicted molar refractivity (Wildman–Crippen MR) is 85.6 cm³/mol. The number of rotatable bonds is 4. The second-order valence-corrected chi connectivity index (χ2v) is 6.14. The highest BCUT2D eigenvalue weighted by molar-refractivity contribution is 14.1. The summed E-state index contributed by atoms with van der Waals surface area (Å²) in [7, 11) is 1.97. The Morgan fingerprint density at radius 3 is 2.83 bits per heavy atom. The molecule has 0 amide bonds. The zero-order valence-electron chi connectivity index (χ0n) is 10.3. The first-order chi connectivity index (χ1) is 8.63. The number of nitrogens with one attached hydrogen (secondary N) is 1. The van der Waals surface area contributed by atoms with Gasteiger partial charge < -0.3 is 5.32 Å².